The summed E-state index contributed by atoms with van der Waals surface area (Å²) in [5, 5.41) is 30.6. The van der Waals surface area contributed by atoms with E-state index in [1.165, 1.54) is 36.2 Å². The van der Waals surface area contributed by atoms with Gasteiger partial charge in [-0.05, 0) is 29.8 Å². The highest BCUT2D eigenvalue weighted by Gasteiger charge is 2.32. The minimum atomic E-state index is -0.501. The fraction of sp³-hybridized carbons (Fsp3) is 0.118. The molecule has 26 heavy (non-hydrogen) atoms. The molecule has 2 aromatic rings. The van der Waals surface area contributed by atoms with Crippen LogP contribution in [0, 0.1) is 10.1 Å². The van der Waals surface area contributed by atoms with Gasteiger partial charge in [-0.1, -0.05) is 30.0 Å². The van der Waals surface area contributed by atoms with Gasteiger partial charge >= 0.3 is 0 Å². The molecule has 0 saturated carbocycles. The minimum absolute atomic E-state index is 0.00311. The van der Waals surface area contributed by atoms with Crippen LogP contribution >= 0.6 is 11.8 Å². The van der Waals surface area contributed by atoms with Crippen molar-refractivity contribution < 1.29 is 14.8 Å². The standard InChI is InChI=1S/C17H14N4O4S/c22-13-7-5-11(6-8-13)10-18-20-17-19-16(23)15(26-17)9-12-3-1-2-4-14(12)21(24)25/h1-8,10,15,22H,9H2,(H,19,20,23). The highest BCUT2D eigenvalue weighted by molar-refractivity contribution is 8.15. The van der Waals surface area contributed by atoms with Gasteiger partial charge in [0.1, 0.15) is 5.75 Å². The van der Waals surface area contributed by atoms with Crippen molar-refractivity contribution >= 4 is 34.7 Å². The van der Waals surface area contributed by atoms with Gasteiger partial charge in [0.05, 0.1) is 16.4 Å². The van der Waals surface area contributed by atoms with Crippen molar-refractivity contribution in [3.05, 3.63) is 69.8 Å². The molecule has 1 saturated heterocycles. The number of nitro groups is 1. The molecule has 0 bridgehead atoms. The lowest BCUT2D eigenvalue weighted by Gasteiger charge is -2.05. The fourth-order valence-electron chi connectivity index (χ4n) is 2.36. The first-order valence-electron chi connectivity index (χ1n) is 7.63. The fourth-order valence-corrected chi connectivity index (χ4v) is 3.31. The molecule has 1 unspecified atom stereocenters. The number of nitro benzene ring substituents is 1. The first kappa shape index (κ1) is 17.6. The molecule has 9 heteroatoms. The van der Waals surface area contributed by atoms with E-state index in [1.54, 1.807) is 30.3 Å². The van der Waals surface area contributed by atoms with Crippen molar-refractivity contribution in [1.82, 2.24) is 5.32 Å². The first-order valence-corrected chi connectivity index (χ1v) is 8.51. The largest absolute Gasteiger partial charge is 0.508 e. The summed E-state index contributed by atoms with van der Waals surface area (Å²) >= 11 is 1.18. The Morgan fingerprint density at radius 2 is 1.96 bits per heavy atom. The van der Waals surface area contributed by atoms with Gasteiger partial charge in [-0.3, -0.25) is 14.9 Å². The number of hydrogen-bond donors (Lipinski definition) is 2. The zero-order chi connectivity index (χ0) is 18.5. The summed E-state index contributed by atoms with van der Waals surface area (Å²) in [5.74, 6) is -0.100. The summed E-state index contributed by atoms with van der Waals surface area (Å²) in [6.45, 7) is 0. The highest BCUT2D eigenvalue weighted by atomic mass is 32.2. The number of thioether (sulfide) groups is 1. The van der Waals surface area contributed by atoms with Crippen LogP contribution in [0.4, 0.5) is 5.69 Å². The molecule has 0 aliphatic carbocycles. The second kappa shape index (κ2) is 7.79. The van der Waals surface area contributed by atoms with Gasteiger partial charge in [-0.15, -0.1) is 5.10 Å². The summed E-state index contributed by atoms with van der Waals surface area (Å²) in [6.07, 6.45) is 1.73. The Kier molecular flexibility index (Phi) is 5.28. The number of benzene rings is 2. The number of amides is 1. The molecule has 1 atom stereocenters. The number of amidine groups is 1. The number of nitrogens with zero attached hydrogens (tertiary/aromatic N) is 3. The van der Waals surface area contributed by atoms with E-state index < -0.39 is 10.2 Å². The topological polar surface area (TPSA) is 117 Å². The second-order valence-electron chi connectivity index (χ2n) is 5.43. The van der Waals surface area contributed by atoms with Gasteiger partial charge in [-0.2, -0.15) is 5.10 Å². The second-order valence-corrected chi connectivity index (χ2v) is 6.62. The van der Waals surface area contributed by atoms with Crippen LogP contribution < -0.4 is 5.32 Å². The van der Waals surface area contributed by atoms with Crippen molar-refractivity contribution in [1.29, 1.82) is 0 Å². The van der Waals surface area contributed by atoms with Crippen molar-refractivity contribution in [2.24, 2.45) is 10.2 Å². The molecular weight excluding hydrogens is 356 g/mol. The van der Waals surface area contributed by atoms with E-state index >= 15 is 0 Å². The third kappa shape index (κ3) is 4.25. The minimum Gasteiger partial charge on any atom is -0.508 e. The van der Waals surface area contributed by atoms with E-state index in [2.05, 4.69) is 15.5 Å². The zero-order valence-electron chi connectivity index (χ0n) is 13.4. The normalized spacial score (nSPS) is 18.4. The summed E-state index contributed by atoms with van der Waals surface area (Å²) in [5.41, 5.74) is 1.24. The number of nitrogens with one attached hydrogen (secondary N) is 1. The van der Waals surface area contributed by atoms with E-state index in [0.29, 0.717) is 10.7 Å². The average molecular weight is 370 g/mol. The molecule has 1 aliphatic heterocycles. The van der Waals surface area contributed by atoms with Gasteiger partial charge < -0.3 is 10.4 Å². The summed E-state index contributed by atoms with van der Waals surface area (Å²) < 4.78 is 0. The average Bonchev–Trinajstić information content (AvgIpc) is 2.96. The third-order valence-corrected chi connectivity index (χ3v) is 4.69. The maximum atomic E-state index is 12.1. The maximum absolute atomic E-state index is 12.1. The smallest absolute Gasteiger partial charge is 0.272 e. The van der Waals surface area contributed by atoms with Gasteiger partial charge in [0.15, 0.2) is 5.17 Å². The monoisotopic (exact) mass is 370 g/mol. The van der Waals surface area contributed by atoms with Crippen molar-refractivity contribution in [3.8, 4) is 5.75 Å². The van der Waals surface area contributed by atoms with Crippen LogP contribution in [-0.2, 0) is 11.2 Å². The molecule has 1 heterocycles. The predicted molar refractivity (Wildman–Crippen MR) is 99.5 cm³/mol. The lowest BCUT2D eigenvalue weighted by atomic mass is 10.1. The van der Waals surface area contributed by atoms with Crippen LogP contribution in [0.2, 0.25) is 0 Å². The van der Waals surface area contributed by atoms with E-state index in [0.717, 1.165) is 5.56 Å². The number of phenols is 1. The maximum Gasteiger partial charge on any atom is 0.272 e. The third-order valence-electron chi connectivity index (χ3n) is 3.62. The Balaban J connectivity index is 1.67. The number of phenolic OH excluding ortho intramolecular Hbond substituents is 1. The molecule has 0 aromatic heterocycles. The van der Waals surface area contributed by atoms with Crippen LogP contribution in [0.15, 0.2) is 58.7 Å². The SMILES string of the molecule is O=C1N/C(=N/N=Cc2ccc(O)cc2)SC1Cc1ccccc1[N+](=O)[O-]. The van der Waals surface area contributed by atoms with Crippen molar-refractivity contribution in [2.75, 3.05) is 0 Å². The number of rotatable bonds is 5. The molecule has 132 valence electrons. The molecule has 3 rings (SSSR count). The van der Waals surface area contributed by atoms with Gasteiger partial charge in [0.2, 0.25) is 5.91 Å². The zero-order valence-corrected chi connectivity index (χ0v) is 14.2. The van der Waals surface area contributed by atoms with E-state index in [9.17, 15) is 20.0 Å². The van der Waals surface area contributed by atoms with E-state index in [-0.39, 0.29) is 23.8 Å². The molecule has 8 nitrogen and oxygen atoms in total. The van der Waals surface area contributed by atoms with Crippen LogP contribution in [-0.4, -0.2) is 32.6 Å². The van der Waals surface area contributed by atoms with E-state index in [1.807, 2.05) is 0 Å². The molecule has 0 radical (unpaired) electrons. The molecule has 0 spiro atoms. The summed E-state index contributed by atoms with van der Waals surface area (Å²) in [7, 11) is 0. The predicted octanol–water partition coefficient (Wildman–Crippen LogP) is 2.46. The van der Waals surface area contributed by atoms with Crippen LogP contribution in [0.25, 0.3) is 0 Å². The van der Waals surface area contributed by atoms with Crippen molar-refractivity contribution in [3.63, 3.8) is 0 Å². The Labute approximate surface area is 152 Å². The quantitative estimate of drug-likeness (QED) is 0.476. The lowest BCUT2D eigenvalue weighted by Crippen LogP contribution is -2.26. The summed E-state index contributed by atoms with van der Waals surface area (Å²) in [4.78, 5) is 22.7. The molecule has 1 aliphatic rings. The van der Waals surface area contributed by atoms with Gasteiger partial charge in [0, 0.05) is 18.1 Å². The molecule has 2 aromatic carbocycles. The molecule has 2 N–H and O–H groups in total. The highest BCUT2D eigenvalue weighted by Crippen LogP contribution is 2.27. The number of aromatic hydroxyl groups is 1. The van der Waals surface area contributed by atoms with E-state index in [4.69, 9.17) is 0 Å². The number of para-hydroxylation sites is 1. The molecule has 1 amide bonds. The molecule has 1 fully saturated rings. The number of hydrogen-bond acceptors (Lipinski definition) is 7. The Hall–Kier alpha value is -3.20. The first-order chi connectivity index (χ1) is 12.5. The van der Waals surface area contributed by atoms with Crippen LogP contribution in [0.3, 0.4) is 0 Å². The molecular formula is C17H14N4O4S. The number of carbonyl (C=O) groups excluding carboxylic acids is 1. The summed E-state index contributed by atoms with van der Waals surface area (Å²) in [6, 6.07) is 12.8. The Bertz CT molecular complexity index is 896. The van der Waals surface area contributed by atoms with Crippen LogP contribution in [0.1, 0.15) is 11.1 Å². The van der Waals surface area contributed by atoms with Crippen molar-refractivity contribution in [2.45, 2.75) is 11.7 Å². The Morgan fingerprint density at radius 3 is 2.69 bits per heavy atom. The lowest BCUT2D eigenvalue weighted by molar-refractivity contribution is -0.385. The van der Waals surface area contributed by atoms with Gasteiger partial charge in [0.25, 0.3) is 5.69 Å². The van der Waals surface area contributed by atoms with Gasteiger partial charge in [-0.25, -0.2) is 0 Å². The number of carbonyl (C=O) groups is 1. The van der Waals surface area contributed by atoms with Crippen LogP contribution in [0.5, 0.6) is 5.75 Å². The Morgan fingerprint density at radius 1 is 1.23 bits per heavy atom.